The second-order valence-corrected chi connectivity index (χ2v) is 3.33. The van der Waals surface area contributed by atoms with Gasteiger partial charge in [-0.2, -0.15) is 0 Å². The van der Waals surface area contributed by atoms with Crippen LogP contribution in [0.2, 0.25) is 0 Å². The average molecular weight is 183 g/mol. The molecule has 0 aliphatic heterocycles. The van der Waals surface area contributed by atoms with Gasteiger partial charge in [0.2, 0.25) is 0 Å². The number of aromatic amines is 1. The van der Waals surface area contributed by atoms with Crippen molar-refractivity contribution in [1.82, 2.24) is 9.97 Å². The molecule has 0 fully saturated rings. The molecule has 0 aliphatic carbocycles. The summed E-state index contributed by atoms with van der Waals surface area (Å²) >= 11 is 0. The van der Waals surface area contributed by atoms with Gasteiger partial charge in [0.1, 0.15) is 5.82 Å². The summed E-state index contributed by atoms with van der Waals surface area (Å²) < 4.78 is 0. The summed E-state index contributed by atoms with van der Waals surface area (Å²) in [6.07, 6.45) is 1.77. The van der Waals surface area contributed by atoms with Crippen LogP contribution in [0.15, 0.2) is 36.5 Å². The van der Waals surface area contributed by atoms with Crippen molar-refractivity contribution in [3.8, 4) is 0 Å². The minimum absolute atomic E-state index is 0.558. The van der Waals surface area contributed by atoms with Gasteiger partial charge in [0.25, 0.3) is 0 Å². The highest BCUT2D eigenvalue weighted by Gasteiger charge is 2.03. The summed E-state index contributed by atoms with van der Waals surface area (Å²) in [5, 5.41) is 2.32. The number of fused-ring (bicyclic) bond motifs is 3. The molecule has 0 amide bonds. The first-order chi connectivity index (χ1) is 6.84. The molecule has 3 aromatic rings. The third-order valence-electron chi connectivity index (χ3n) is 2.41. The summed E-state index contributed by atoms with van der Waals surface area (Å²) in [7, 11) is 0. The number of H-pyrrole nitrogens is 1. The van der Waals surface area contributed by atoms with Crippen LogP contribution in [0.25, 0.3) is 21.8 Å². The number of para-hydroxylation sites is 1. The van der Waals surface area contributed by atoms with Crippen molar-refractivity contribution in [3.63, 3.8) is 0 Å². The predicted molar refractivity (Wildman–Crippen MR) is 58.0 cm³/mol. The van der Waals surface area contributed by atoms with Gasteiger partial charge in [-0.15, -0.1) is 0 Å². The number of nitrogens with zero attached hydrogens (tertiary/aromatic N) is 1. The molecule has 0 saturated carbocycles. The number of pyridine rings is 1. The number of nitrogen functional groups attached to an aromatic ring is 1. The van der Waals surface area contributed by atoms with Crippen LogP contribution in [-0.4, -0.2) is 9.97 Å². The van der Waals surface area contributed by atoms with Crippen LogP contribution < -0.4 is 5.73 Å². The fourth-order valence-corrected chi connectivity index (χ4v) is 1.77. The normalized spacial score (nSPS) is 11.1. The first-order valence-electron chi connectivity index (χ1n) is 4.46. The molecule has 3 N–H and O–H groups in total. The van der Waals surface area contributed by atoms with Crippen molar-refractivity contribution in [3.05, 3.63) is 36.5 Å². The molecule has 0 saturated heterocycles. The van der Waals surface area contributed by atoms with E-state index >= 15 is 0 Å². The molecular formula is C11H9N3. The maximum Gasteiger partial charge on any atom is 0.124 e. The molecule has 0 aliphatic rings. The Kier molecular flexibility index (Phi) is 1.31. The standard InChI is InChI=1S/C11H9N3/c12-11-5-8-7-3-1-2-4-9(7)14-10(8)6-13-11/h1-6,14H,(H2,12,13). The summed E-state index contributed by atoms with van der Waals surface area (Å²) in [5.41, 5.74) is 7.80. The van der Waals surface area contributed by atoms with Gasteiger partial charge in [-0.1, -0.05) is 18.2 Å². The summed E-state index contributed by atoms with van der Waals surface area (Å²) in [6.45, 7) is 0. The van der Waals surface area contributed by atoms with E-state index in [1.165, 1.54) is 5.39 Å². The number of benzene rings is 1. The Hall–Kier alpha value is -2.03. The fraction of sp³-hybridized carbons (Fsp3) is 0. The second kappa shape index (κ2) is 2.48. The van der Waals surface area contributed by atoms with Crippen LogP contribution in [0, 0.1) is 0 Å². The third-order valence-corrected chi connectivity index (χ3v) is 2.41. The lowest BCUT2D eigenvalue weighted by molar-refractivity contribution is 1.35. The molecule has 14 heavy (non-hydrogen) atoms. The number of anilines is 1. The van der Waals surface area contributed by atoms with E-state index < -0.39 is 0 Å². The molecule has 0 atom stereocenters. The topological polar surface area (TPSA) is 54.7 Å². The van der Waals surface area contributed by atoms with Crippen molar-refractivity contribution in [2.75, 3.05) is 5.73 Å². The lowest BCUT2D eigenvalue weighted by atomic mass is 10.2. The lowest BCUT2D eigenvalue weighted by Gasteiger charge is -1.92. The zero-order valence-corrected chi connectivity index (χ0v) is 7.49. The van der Waals surface area contributed by atoms with E-state index in [1.54, 1.807) is 6.20 Å². The Morgan fingerprint density at radius 2 is 1.93 bits per heavy atom. The number of aromatic nitrogens is 2. The molecule has 3 heteroatoms. The Bertz CT molecular complexity index is 610. The van der Waals surface area contributed by atoms with E-state index in [0.717, 1.165) is 16.4 Å². The quantitative estimate of drug-likeness (QED) is 0.561. The molecule has 0 bridgehead atoms. The Labute approximate surface area is 80.6 Å². The summed E-state index contributed by atoms with van der Waals surface area (Å²) in [6, 6.07) is 10.0. The molecular weight excluding hydrogens is 174 g/mol. The minimum Gasteiger partial charge on any atom is -0.384 e. The van der Waals surface area contributed by atoms with E-state index in [1.807, 2.05) is 24.3 Å². The van der Waals surface area contributed by atoms with Gasteiger partial charge < -0.3 is 10.7 Å². The zero-order chi connectivity index (χ0) is 9.54. The van der Waals surface area contributed by atoms with Crippen molar-refractivity contribution in [1.29, 1.82) is 0 Å². The van der Waals surface area contributed by atoms with Crippen LogP contribution in [0.5, 0.6) is 0 Å². The second-order valence-electron chi connectivity index (χ2n) is 3.33. The summed E-state index contributed by atoms with van der Waals surface area (Å²) in [4.78, 5) is 7.34. The molecule has 68 valence electrons. The monoisotopic (exact) mass is 183 g/mol. The SMILES string of the molecule is Nc1cc2c(cn1)[nH]c1ccccc12. The lowest BCUT2D eigenvalue weighted by Crippen LogP contribution is -1.87. The van der Waals surface area contributed by atoms with Crippen LogP contribution >= 0.6 is 0 Å². The first kappa shape index (κ1) is 7.38. The third kappa shape index (κ3) is 0.893. The molecule has 0 unspecified atom stereocenters. The zero-order valence-electron chi connectivity index (χ0n) is 7.49. The van der Waals surface area contributed by atoms with Gasteiger partial charge in [0.15, 0.2) is 0 Å². The van der Waals surface area contributed by atoms with Crippen LogP contribution in [0.1, 0.15) is 0 Å². The molecule has 0 radical (unpaired) electrons. The van der Waals surface area contributed by atoms with Gasteiger partial charge >= 0.3 is 0 Å². The van der Waals surface area contributed by atoms with Crippen molar-refractivity contribution in [2.45, 2.75) is 0 Å². The van der Waals surface area contributed by atoms with Gasteiger partial charge in [-0.05, 0) is 12.1 Å². The molecule has 0 spiro atoms. The Morgan fingerprint density at radius 1 is 1.07 bits per heavy atom. The van der Waals surface area contributed by atoms with E-state index in [2.05, 4.69) is 16.0 Å². The fourth-order valence-electron chi connectivity index (χ4n) is 1.77. The smallest absolute Gasteiger partial charge is 0.124 e. The Balaban J connectivity index is 2.58. The van der Waals surface area contributed by atoms with Crippen molar-refractivity contribution < 1.29 is 0 Å². The predicted octanol–water partition coefficient (Wildman–Crippen LogP) is 2.30. The maximum absolute atomic E-state index is 5.65. The van der Waals surface area contributed by atoms with Crippen LogP contribution in [-0.2, 0) is 0 Å². The number of hydrogen-bond donors (Lipinski definition) is 2. The van der Waals surface area contributed by atoms with Gasteiger partial charge in [0.05, 0.1) is 11.7 Å². The number of nitrogens with one attached hydrogen (secondary N) is 1. The molecule has 2 heterocycles. The first-order valence-corrected chi connectivity index (χ1v) is 4.46. The highest BCUT2D eigenvalue weighted by atomic mass is 14.8. The number of rotatable bonds is 0. The van der Waals surface area contributed by atoms with Crippen LogP contribution in [0.3, 0.4) is 0 Å². The van der Waals surface area contributed by atoms with Crippen molar-refractivity contribution >= 4 is 27.6 Å². The van der Waals surface area contributed by atoms with E-state index in [4.69, 9.17) is 5.73 Å². The average Bonchev–Trinajstić information content (AvgIpc) is 2.56. The van der Waals surface area contributed by atoms with E-state index in [9.17, 15) is 0 Å². The summed E-state index contributed by atoms with van der Waals surface area (Å²) in [5.74, 6) is 0.558. The van der Waals surface area contributed by atoms with Gasteiger partial charge in [0, 0.05) is 16.3 Å². The van der Waals surface area contributed by atoms with E-state index in [0.29, 0.717) is 5.82 Å². The molecule has 3 nitrogen and oxygen atoms in total. The Morgan fingerprint density at radius 3 is 2.86 bits per heavy atom. The maximum atomic E-state index is 5.65. The number of hydrogen-bond acceptors (Lipinski definition) is 2. The highest BCUT2D eigenvalue weighted by molar-refractivity contribution is 6.07. The molecule has 2 aromatic heterocycles. The van der Waals surface area contributed by atoms with Gasteiger partial charge in [-0.3, -0.25) is 0 Å². The molecule has 3 rings (SSSR count). The molecule has 1 aromatic carbocycles. The van der Waals surface area contributed by atoms with E-state index in [-0.39, 0.29) is 0 Å². The van der Waals surface area contributed by atoms with Crippen LogP contribution in [0.4, 0.5) is 5.82 Å². The largest absolute Gasteiger partial charge is 0.384 e. The van der Waals surface area contributed by atoms with Crippen molar-refractivity contribution in [2.24, 2.45) is 0 Å². The number of nitrogens with two attached hydrogens (primary N) is 1. The minimum atomic E-state index is 0.558. The van der Waals surface area contributed by atoms with Gasteiger partial charge in [-0.25, -0.2) is 4.98 Å². The highest BCUT2D eigenvalue weighted by Crippen LogP contribution is 2.25.